The standard InChI is InChI=1S/C14H17ClN2S/c1-2-18-14-5-3-4-13(14)17-12-7-6-10(9-16)8-11(12)15/h6-8,13-14,17H,2-5H2,1H3. The lowest BCUT2D eigenvalue weighted by Crippen LogP contribution is -2.26. The second-order valence-electron chi connectivity index (χ2n) is 4.48. The summed E-state index contributed by atoms with van der Waals surface area (Å²) in [5.74, 6) is 1.16. The molecule has 96 valence electrons. The highest BCUT2D eigenvalue weighted by molar-refractivity contribution is 7.99. The largest absolute Gasteiger partial charge is 0.380 e. The van der Waals surface area contributed by atoms with Gasteiger partial charge in [0.2, 0.25) is 0 Å². The van der Waals surface area contributed by atoms with Gasteiger partial charge >= 0.3 is 0 Å². The predicted octanol–water partition coefficient (Wildman–Crippen LogP) is 4.30. The van der Waals surface area contributed by atoms with Gasteiger partial charge in [0.25, 0.3) is 0 Å². The van der Waals surface area contributed by atoms with Crippen LogP contribution in [0.5, 0.6) is 0 Å². The van der Waals surface area contributed by atoms with Crippen LogP contribution in [0.1, 0.15) is 31.7 Å². The molecular formula is C14H17ClN2S. The first-order chi connectivity index (χ1) is 8.74. The molecule has 0 saturated heterocycles. The van der Waals surface area contributed by atoms with Gasteiger partial charge in [0, 0.05) is 11.3 Å². The molecule has 2 unspecified atom stereocenters. The van der Waals surface area contributed by atoms with Gasteiger partial charge in [-0.2, -0.15) is 17.0 Å². The first kappa shape index (κ1) is 13.6. The maximum atomic E-state index is 8.82. The second kappa shape index (κ2) is 6.36. The molecule has 1 aliphatic carbocycles. The number of hydrogen-bond acceptors (Lipinski definition) is 3. The number of halogens is 1. The Kier molecular flexibility index (Phi) is 4.79. The van der Waals surface area contributed by atoms with Crippen molar-refractivity contribution < 1.29 is 0 Å². The predicted molar refractivity (Wildman–Crippen MR) is 79.3 cm³/mol. The summed E-state index contributed by atoms with van der Waals surface area (Å²) in [7, 11) is 0. The molecule has 4 heteroatoms. The Bertz CT molecular complexity index is 456. The molecule has 18 heavy (non-hydrogen) atoms. The van der Waals surface area contributed by atoms with E-state index in [1.54, 1.807) is 6.07 Å². The average molecular weight is 281 g/mol. The molecule has 1 aromatic rings. The molecule has 0 spiro atoms. The molecule has 2 nitrogen and oxygen atoms in total. The van der Waals surface area contributed by atoms with Crippen molar-refractivity contribution in [2.45, 2.75) is 37.5 Å². The fraction of sp³-hybridized carbons (Fsp3) is 0.500. The third kappa shape index (κ3) is 3.13. The van der Waals surface area contributed by atoms with E-state index in [1.807, 2.05) is 23.9 Å². The fourth-order valence-electron chi connectivity index (χ4n) is 2.41. The molecule has 0 radical (unpaired) electrons. The van der Waals surface area contributed by atoms with E-state index in [4.69, 9.17) is 16.9 Å². The van der Waals surface area contributed by atoms with Crippen LogP contribution in [0.15, 0.2) is 18.2 Å². The second-order valence-corrected chi connectivity index (χ2v) is 6.41. The van der Waals surface area contributed by atoms with E-state index < -0.39 is 0 Å². The van der Waals surface area contributed by atoms with Gasteiger partial charge in [0.1, 0.15) is 0 Å². The summed E-state index contributed by atoms with van der Waals surface area (Å²) < 4.78 is 0. The van der Waals surface area contributed by atoms with Crippen LogP contribution in [-0.2, 0) is 0 Å². The third-order valence-corrected chi connectivity index (χ3v) is 4.91. The number of rotatable bonds is 4. The Morgan fingerprint density at radius 1 is 1.50 bits per heavy atom. The summed E-state index contributed by atoms with van der Waals surface area (Å²) in [6, 6.07) is 8.05. The maximum Gasteiger partial charge on any atom is 0.0992 e. The Balaban J connectivity index is 2.07. The van der Waals surface area contributed by atoms with Gasteiger partial charge in [-0.05, 0) is 36.8 Å². The zero-order chi connectivity index (χ0) is 13.0. The number of nitrogens with one attached hydrogen (secondary N) is 1. The molecule has 1 aliphatic rings. The van der Waals surface area contributed by atoms with Gasteiger partial charge in [-0.25, -0.2) is 0 Å². The van der Waals surface area contributed by atoms with Crippen LogP contribution in [0.25, 0.3) is 0 Å². The fourth-order valence-corrected chi connectivity index (χ4v) is 3.84. The highest BCUT2D eigenvalue weighted by atomic mass is 35.5. The first-order valence-corrected chi connectivity index (χ1v) is 7.75. The minimum absolute atomic E-state index is 0.500. The molecule has 0 aromatic heterocycles. The van der Waals surface area contributed by atoms with Crippen molar-refractivity contribution in [1.29, 1.82) is 5.26 Å². The van der Waals surface area contributed by atoms with Gasteiger partial charge in [0.15, 0.2) is 0 Å². The zero-order valence-corrected chi connectivity index (χ0v) is 12.0. The zero-order valence-electron chi connectivity index (χ0n) is 10.4. The Labute approximate surface area is 118 Å². The van der Waals surface area contributed by atoms with E-state index in [2.05, 4.69) is 18.3 Å². The monoisotopic (exact) mass is 280 g/mol. The van der Waals surface area contributed by atoms with Gasteiger partial charge in [-0.15, -0.1) is 0 Å². The van der Waals surface area contributed by atoms with Crippen LogP contribution >= 0.6 is 23.4 Å². The number of nitriles is 1. The number of thioether (sulfide) groups is 1. The van der Waals surface area contributed by atoms with Gasteiger partial charge in [-0.1, -0.05) is 24.9 Å². The molecule has 1 N–H and O–H groups in total. The molecule has 1 saturated carbocycles. The SMILES string of the molecule is CCSC1CCCC1Nc1ccc(C#N)cc1Cl. The van der Waals surface area contributed by atoms with Crippen molar-refractivity contribution in [3.05, 3.63) is 28.8 Å². The quantitative estimate of drug-likeness (QED) is 0.893. The lowest BCUT2D eigenvalue weighted by atomic mass is 10.2. The number of anilines is 1. The van der Waals surface area contributed by atoms with Crippen LogP contribution in [0.4, 0.5) is 5.69 Å². The van der Waals surface area contributed by atoms with Crippen LogP contribution < -0.4 is 5.32 Å². The van der Waals surface area contributed by atoms with E-state index in [-0.39, 0.29) is 0 Å². The van der Waals surface area contributed by atoms with Crippen LogP contribution in [-0.4, -0.2) is 17.0 Å². The van der Waals surface area contributed by atoms with Crippen LogP contribution in [0.3, 0.4) is 0 Å². The molecule has 0 bridgehead atoms. The van der Waals surface area contributed by atoms with Crippen LogP contribution in [0, 0.1) is 11.3 Å². The minimum atomic E-state index is 0.500. The average Bonchev–Trinajstić information content (AvgIpc) is 2.80. The van der Waals surface area contributed by atoms with Crippen molar-refractivity contribution in [2.75, 3.05) is 11.1 Å². The lowest BCUT2D eigenvalue weighted by Gasteiger charge is -2.22. The summed E-state index contributed by atoms with van der Waals surface area (Å²) in [6.45, 7) is 2.20. The molecule has 0 amide bonds. The Hall–Kier alpha value is -0.850. The first-order valence-electron chi connectivity index (χ1n) is 6.32. The summed E-state index contributed by atoms with van der Waals surface area (Å²) in [5, 5.41) is 13.7. The smallest absolute Gasteiger partial charge is 0.0992 e. The number of benzene rings is 1. The molecule has 0 aliphatic heterocycles. The molecule has 2 rings (SSSR count). The highest BCUT2D eigenvalue weighted by Gasteiger charge is 2.27. The van der Waals surface area contributed by atoms with Gasteiger partial charge in [0.05, 0.1) is 22.3 Å². The van der Waals surface area contributed by atoms with Crippen molar-refractivity contribution in [3.63, 3.8) is 0 Å². The normalized spacial score (nSPS) is 22.7. The summed E-state index contributed by atoms with van der Waals surface area (Å²) in [5.41, 5.74) is 1.56. The Morgan fingerprint density at radius 2 is 2.33 bits per heavy atom. The van der Waals surface area contributed by atoms with Crippen LogP contribution in [0.2, 0.25) is 5.02 Å². The number of nitrogens with zero attached hydrogens (tertiary/aromatic N) is 1. The molecule has 2 atom stereocenters. The molecule has 0 heterocycles. The molecular weight excluding hydrogens is 264 g/mol. The molecule has 1 aromatic carbocycles. The van der Waals surface area contributed by atoms with Crippen molar-refractivity contribution in [2.24, 2.45) is 0 Å². The maximum absolute atomic E-state index is 8.82. The van der Waals surface area contributed by atoms with Crippen molar-refractivity contribution in [3.8, 4) is 6.07 Å². The number of hydrogen-bond donors (Lipinski definition) is 1. The lowest BCUT2D eigenvalue weighted by molar-refractivity contribution is 0.768. The molecule has 1 fully saturated rings. The van der Waals surface area contributed by atoms with Crippen molar-refractivity contribution in [1.82, 2.24) is 0 Å². The van der Waals surface area contributed by atoms with Gasteiger partial charge in [-0.3, -0.25) is 0 Å². The van der Waals surface area contributed by atoms with Crippen molar-refractivity contribution >= 4 is 29.1 Å². The topological polar surface area (TPSA) is 35.8 Å². The van der Waals surface area contributed by atoms with E-state index >= 15 is 0 Å². The van der Waals surface area contributed by atoms with E-state index in [1.165, 1.54) is 19.3 Å². The minimum Gasteiger partial charge on any atom is -0.380 e. The van der Waals surface area contributed by atoms with E-state index in [0.29, 0.717) is 21.9 Å². The summed E-state index contributed by atoms with van der Waals surface area (Å²) in [6.07, 6.45) is 3.77. The summed E-state index contributed by atoms with van der Waals surface area (Å²) in [4.78, 5) is 0. The van der Waals surface area contributed by atoms with E-state index in [9.17, 15) is 0 Å². The Morgan fingerprint density at radius 3 is 3.00 bits per heavy atom. The third-order valence-electron chi connectivity index (χ3n) is 3.27. The van der Waals surface area contributed by atoms with Gasteiger partial charge < -0.3 is 5.32 Å². The highest BCUT2D eigenvalue weighted by Crippen LogP contribution is 2.33. The summed E-state index contributed by atoms with van der Waals surface area (Å²) >= 11 is 8.21. The van der Waals surface area contributed by atoms with E-state index in [0.717, 1.165) is 11.4 Å².